The van der Waals surface area contributed by atoms with Crippen LogP contribution in [0.15, 0.2) is 88.7 Å². The summed E-state index contributed by atoms with van der Waals surface area (Å²) in [6.45, 7) is 0.211. The standard InChI is InChI=1S/C27H20ClFN4O4/c1-37-26(35)19-6-2-17(3-7-19)14-31-16-30-24-23(31)25(34)32(15-18-4-10-21(29)11-5-18)27(36)33(24)22-12-8-20(28)9-13-22/h2-13,16H,14-15H2,1H3. The average molecular weight is 519 g/mol. The van der Waals surface area contributed by atoms with Gasteiger partial charge in [-0.2, -0.15) is 0 Å². The van der Waals surface area contributed by atoms with Gasteiger partial charge in [0.15, 0.2) is 11.2 Å². The van der Waals surface area contributed by atoms with Gasteiger partial charge in [0.25, 0.3) is 5.56 Å². The van der Waals surface area contributed by atoms with Gasteiger partial charge in [0.2, 0.25) is 0 Å². The van der Waals surface area contributed by atoms with Gasteiger partial charge < -0.3 is 9.30 Å². The first kappa shape index (κ1) is 24.2. The summed E-state index contributed by atoms with van der Waals surface area (Å²) >= 11 is 6.05. The van der Waals surface area contributed by atoms with Crippen molar-refractivity contribution in [2.45, 2.75) is 13.1 Å². The first-order valence-electron chi connectivity index (χ1n) is 11.2. The van der Waals surface area contributed by atoms with Gasteiger partial charge in [-0.25, -0.2) is 23.5 Å². The molecule has 0 saturated carbocycles. The quantitative estimate of drug-likeness (QED) is 0.317. The predicted molar refractivity (Wildman–Crippen MR) is 137 cm³/mol. The molecule has 0 unspecified atom stereocenters. The number of carbonyl (C=O) groups is 1. The van der Waals surface area contributed by atoms with E-state index in [-0.39, 0.29) is 24.3 Å². The van der Waals surface area contributed by atoms with E-state index in [0.29, 0.717) is 21.8 Å². The second kappa shape index (κ2) is 9.87. The highest BCUT2D eigenvalue weighted by atomic mass is 35.5. The number of carbonyl (C=O) groups excluding carboxylic acids is 1. The normalized spacial score (nSPS) is 11.1. The van der Waals surface area contributed by atoms with Crippen LogP contribution >= 0.6 is 11.6 Å². The van der Waals surface area contributed by atoms with Crippen LogP contribution in [0, 0.1) is 5.82 Å². The highest BCUT2D eigenvalue weighted by molar-refractivity contribution is 6.30. The number of halogens is 2. The van der Waals surface area contributed by atoms with Crippen LogP contribution in [-0.2, 0) is 17.8 Å². The van der Waals surface area contributed by atoms with Crippen LogP contribution in [0.2, 0.25) is 5.02 Å². The fourth-order valence-corrected chi connectivity index (χ4v) is 4.22. The van der Waals surface area contributed by atoms with Gasteiger partial charge in [-0.05, 0) is 59.7 Å². The summed E-state index contributed by atoms with van der Waals surface area (Å²) < 4.78 is 22.3. The topological polar surface area (TPSA) is 88.1 Å². The van der Waals surface area contributed by atoms with E-state index in [9.17, 15) is 18.8 Å². The summed E-state index contributed by atoms with van der Waals surface area (Å²) in [4.78, 5) is 43.4. The van der Waals surface area contributed by atoms with Crippen molar-refractivity contribution in [3.8, 4) is 5.69 Å². The second-order valence-corrected chi connectivity index (χ2v) is 8.78. The van der Waals surface area contributed by atoms with E-state index in [0.717, 1.165) is 10.1 Å². The Morgan fingerprint density at radius 1 is 0.919 bits per heavy atom. The molecule has 0 spiro atoms. The number of ether oxygens (including phenoxy) is 1. The lowest BCUT2D eigenvalue weighted by molar-refractivity contribution is 0.0600. The molecule has 2 heterocycles. The maximum Gasteiger partial charge on any atom is 0.337 e. The molecule has 0 aliphatic carbocycles. The number of hydrogen-bond acceptors (Lipinski definition) is 5. The fraction of sp³-hybridized carbons (Fsp3) is 0.111. The highest BCUT2D eigenvalue weighted by Crippen LogP contribution is 2.18. The number of nitrogens with zero attached hydrogens (tertiary/aromatic N) is 4. The van der Waals surface area contributed by atoms with Crippen LogP contribution in [0.3, 0.4) is 0 Å². The molecule has 0 aliphatic rings. The molecule has 0 saturated heterocycles. The first-order valence-corrected chi connectivity index (χ1v) is 11.6. The Labute approximate surface area is 214 Å². The zero-order valence-corrected chi connectivity index (χ0v) is 20.4. The molecule has 8 nitrogen and oxygen atoms in total. The van der Waals surface area contributed by atoms with Crippen molar-refractivity contribution in [3.63, 3.8) is 0 Å². The van der Waals surface area contributed by atoms with Gasteiger partial charge in [-0.1, -0.05) is 35.9 Å². The van der Waals surface area contributed by atoms with E-state index in [1.165, 1.54) is 42.3 Å². The van der Waals surface area contributed by atoms with E-state index in [2.05, 4.69) is 4.98 Å². The highest BCUT2D eigenvalue weighted by Gasteiger charge is 2.20. The average Bonchev–Trinajstić information content (AvgIpc) is 3.32. The minimum absolute atomic E-state index is 0.0551. The number of imidazole rings is 1. The summed E-state index contributed by atoms with van der Waals surface area (Å²) in [5.74, 6) is -0.864. The molecule has 0 aliphatic heterocycles. The van der Waals surface area contributed by atoms with Crippen molar-refractivity contribution < 1.29 is 13.9 Å². The van der Waals surface area contributed by atoms with Crippen molar-refractivity contribution >= 4 is 28.7 Å². The van der Waals surface area contributed by atoms with Crippen LogP contribution < -0.4 is 11.2 Å². The third-order valence-corrected chi connectivity index (χ3v) is 6.22. The number of hydrogen-bond donors (Lipinski definition) is 0. The number of fused-ring (bicyclic) bond motifs is 1. The molecule has 37 heavy (non-hydrogen) atoms. The lowest BCUT2D eigenvalue weighted by atomic mass is 10.1. The fourth-order valence-electron chi connectivity index (χ4n) is 4.10. The van der Waals surface area contributed by atoms with E-state index in [1.807, 2.05) is 0 Å². The summed E-state index contributed by atoms with van der Waals surface area (Å²) in [5, 5.41) is 0.494. The maximum atomic E-state index is 13.6. The molecule has 10 heteroatoms. The maximum absolute atomic E-state index is 13.6. The van der Waals surface area contributed by atoms with Crippen LogP contribution in [-0.4, -0.2) is 31.8 Å². The van der Waals surface area contributed by atoms with Crippen molar-refractivity contribution in [2.75, 3.05) is 7.11 Å². The van der Waals surface area contributed by atoms with Gasteiger partial charge in [-0.15, -0.1) is 0 Å². The molecule has 2 aromatic heterocycles. The molecular formula is C27H20ClFN4O4. The molecule has 0 radical (unpaired) electrons. The van der Waals surface area contributed by atoms with Crippen LogP contribution in [0.1, 0.15) is 21.5 Å². The largest absolute Gasteiger partial charge is 0.465 e. The summed E-state index contributed by atoms with van der Waals surface area (Å²) in [6.07, 6.45) is 1.49. The first-order chi connectivity index (χ1) is 17.9. The minimum Gasteiger partial charge on any atom is -0.465 e. The van der Waals surface area contributed by atoms with Gasteiger partial charge in [0.05, 0.1) is 31.2 Å². The monoisotopic (exact) mass is 518 g/mol. The number of esters is 1. The molecule has 0 amide bonds. The summed E-state index contributed by atoms with van der Waals surface area (Å²) in [5.41, 5.74) is 1.58. The van der Waals surface area contributed by atoms with Crippen molar-refractivity contribution in [3.05, 3.63) is 127 Å². The Kier molecular flexibility index (Phi) is 6.45. The third kappa shape index (κ3) is 4.68. The Bertz CT molecular complexity index is 1720. The van der Waals surface area contributed by atoms with E-state index in [4.69, 9.17) is 16.3 Å². The van der Waals surface area contributed by atoms with Crippen molar-refractivity contribution in [1.29, 1.82) is 0 Å². The summed E-state index contributed by atoms with van der Waals surface area (Å²) in [7, 11) is 1.31. The van der Waals surface area contributed by atoms with Crippen LogP contribution in [0.5, 0.6) is 0 Å². The SMILES string of the molecule is COC(=O)c1ccc(Cn2cnc3c2c(=O)n(Cc2ccc(F)cc2)c(=O)n3-c2ccc(Cl)cc2)cc1. The lowest BCUT2D eigenvalue weighted by Gasteiger charge is -2.13. The zero-order valence-electron chi connectivity index (χ0n) is 19.6. The Morgan fingerprint density at radius 2 is 1.54 bits per heavy atom. The second-order valence-electron chi connectivity index (χ2n) is 8.35. The zero-order chi connectivity index (χ0) is 26.1. The number of methoxy groups -OCH3 is 1. The molecule has 5 aromatic rings. The Balaban J connectivity index is 1.67. The Hall–Kier alpha value is -4.50. The number of benzene rings is 3. The van der Waals surface area contributed by atoms with Gasteiger partial charge in [-0.3, -0.25) is 9.36 Å². The van der Waals surface area contributed by atoms with Gasteiger partial charge >= 0.3 is 11.7 Å². The molecule has 186 valence electrons. The molecule has 0 atom stereocenters. The molecule has 5 rings (SSSR count). The molecule has 0 fully saturated rings. The Morgan fingerprint density at radius 3 is 2.19 bits per heavy atom. The predicted octanol–water partition coefficient (Wildman–Crippen LogP) is 4.02. The molecular weight excluding hydrogens is 499 g/mol. The molecule has 3 aromatic carbocycles. The van der Waals surface area contributed by atoms with Crippen LogP contribution in [0.4, 0.5) is 4.39 Å². The smallest absolute Gasteiger partial charge is 0.337 e. The minimum atomic E-state index is -0.586. The van der Waals surface area contributed by atoms with E-state index >= 15 is 0 Å². The number of aromatic nitrogens is 4. The van der Waals surface area contributed by atoms with Gasteiger partial charge in [0, 0.05) is 11.6 Å². The lowest BCUT2D eigenvalue weighted by Crippen LogP contribution is -2.40. The van der Waals surface area contributed by atoms with E-state index < -0.39 is 23.0 Å². The molecule has 0 bridgehead atoms. The van der Waals surface area contributed by atoms with Crippen molar-refractivity contribution in [2.24, 2.45) is 0 Å². The molecule has 0 N–H and O–H groups in total. The van der Waals surface area contributed by atoms with Gasteiger partial charge in [0.1, 0.15) is 5.82 Å². The summed E-state index contributed by atoms with van der Waals surface area (Å²) in [6, 6.07) is 19.0. The van der Waals surface area contributed by atoms with Crippen molar-refractivity contribution in [1.82, 2.24) is 18.7 Å². The van der Waals surface area contributed by atoms with E-state index in [1.54, 1.807) is 53.1 Å². The van der Waals surface area contributed by atoms with Crippen LogP contribution in [0.25, 0.3) is 16.9 Å². The number of rotatable bonds is 6. The third-order valence-electron chi connectivity index (χ3n) is 5.97.